The summed E-state index contributed by atoms with van der Waals surface area (Å²) in [5.41, 5.74) is -4.66. The third-order valence-corrected chi connectivity index (χ3v) is 2.12. The van der Waals surface area contributed by atoms with Crippen molar-refractivity contribution in [1.82, 2.24) is 0 Å². The lowest BCUT2D eigenvalue weighted by atomic mass is 9.76. The highest BCUT2D eigenvalue weighted by atomic mass is 19.4. The fraction of sp³-hybridized carbons (Fsp3) is 0.714. The van der Waals surface area contributed by atoms with Crippen molar-refractivity contribution in [3.8, 4) is 0 Å². The van der Waals surface area contributed by atoms with Crippen molar-refractivity contribution < 1.29 is 39.5 Å². The molecule has 0 aliphatic heterocycles. The second-order valence-electron chi connectivity index (χ2n) is 3.19. The molecule has 1 unspecified atom stereocenters. The summed E-state index contributed by atoms with van der Waals surface area (Å²) in [7, 11) is 0. The fourth-order valence-electron chi connectivity index (χ4n) is 1.41. The topological polar surface area (TPSA) is 0 Å². The highest BCUT2D eigenvalue weighted by Crippen LogP contribution is 2.56. The molecule has 0 N–H and O–H groups in total. The van der Waals surface area contributed by atoms with Crippen molar-refractivity contribution in [2.75, 3.05) is 0 Å². The van der Waals surface area contributed by atoms with Crippen molar-refractivity contribution in [2.45, 2.75) is 24.9 Å². The normalized spacial score (nSPS) is 23.4. The van der Waals surface area contributed by atoms with E-state index in [1.165, 1.54) is 0 Å². The molecule has 94 valence electrons. The quantitative estimate of drug-likeness (QED) is 0.455. The number of alkyl halides is 9. The van der Waals surface area contributed by atoms with Crippen LogP contribution in [0, 0.1) is 5.92 Å². The third-order valence-electron chi connectivity index (χ3n) is 2.12. The first-order valence-electron chi connectivity index (χ1n) is 3.79. The molecule has 9 heteroatoms. The van der Waals surface area contributed by atoms with Gasteiger partial charge in [-0.2, -0.15) is 39.5 Å². The van der Waals surface area contributed by atoms with Crippen LogP contribution >= 0.6 is 0 Å². The van der Waals surface area contributed by atoms with Gasteiger partial charge in [-0.3, -0.25) is 0 Å². The maximum atomic E-state index is 12.0. The maximum absolute atomic E-state index is 12.0. The number of rotatable bonds is 0. The minimum Gasteiger partial charge on any atom is -0.170 e. The molecule has 0 aromatic rings. The van der Waals surface area contributed by atoms with Gasteiger partial charge in [0.25, 0.3) is 0 Å². The largest absolute Gasteiger partial charge is 0.413 e. The van der Waals surface area contributed by atoms with Crippen LogP contribution in [0.1, 0.15) is 6.42 Å². The van der Waals surface area contributed by atoms with E-state index in [2.05, 4.69) is 0 Å². The molecule has 0 amide bonds. The standard InChI is InChI=1S/C7H3F9/c8-5(9,10)2-1-3(6(11,12)13)4(2)7(14,15)16/h2H,1H2. The van der Waals surface area contributed by atoms with E-state index in [4.69, 9.17) is 0 Å². The molecule has 0 bridgehead atoms. The predicted octanol–water partition coefficient (Wildman–Crippen LogP) is 3.99. The summed E-state index contributed by atoms with van der Waals surface area (Å²) in [4.78, 5) is 0. The minimum atomic E-state index is -5.61. The Morgan fingerprint density at radius 3 is 1.44 bits per heavy atom. The molecular formula is C7H3F9. The summed E-state index contributed by atoms with van der Waals surface area (Å²) in [6.07, 6.45) is -17.9. The molecule has 1 rings (SSSR count). The molecule has 0 saturated carbocycles. The third kappa shape index (κ3) is 2.27. The van der Waals surface area contributed by atoms with E-state index in [0.717, 1.165) is 0 Å². The Bertz CT molecular complexity index is 312. The number of halogens is 9. The zero-order valence-electron chi connectivity index (χ0n) is 7.19. The zero-order chi connectivity index (χ0) is 12.9. The van der Waals surface area contributed by atoms with Gasteiger partial charge in [-0.15, -0.1) is 0 Å². The Morgan fingerprint density at radius 2 is 1.19 bits per heavy atom. The van der Waals surface area contributed by atoms with Gasteiger partial charge in [0.1, 0.15) is 0 Å². The van der Waals surface area contributed by atoms with E-state index in [0.29, 0.717) is 0 Å². The summed E-state index contributed by atoms with van der Waals surface area (Å²) < 4.78 is 108. The van der Waals surface area contributed by atoms with Crippen LogP contribution in [0.2, 0.25) is 0 Å². The molecule has 0 aromatic carbocycles. The summed E-state index contributed by atoms with van der Waals surface area (Å²) >= 11 is 0. The van der Waals surface area contributed by atoms with Gasteiger partial charge in [0.15, 0.2) is 0 Å². The molecule has 0 fully saturated rings. The van der Waals surface area contributed by atoms with Gasteiger partial charge in [0.2, 0.25) is 0 Å². The van der Waals surface area contributed by atoms with Gasteiger partial charge in [0.05, 0.1) is 11.5 Å². The van der Waals surface area contributed by atoms with Crippen molar-refractivity contribution in [2.24, 2.45) is 5.92 Å². The SMILES string of the molecule is FC(F)(F)C1=C(C(F)(F)F)C(C(F)(F)F)C1. The molecule has 0 radical (unpaired) electrons. The number of hydrogen-bond donors (Lipinski definition) is 0. The van der Waals surface area contributed by atoms with Crippen LogP contribution in [0.5, 0.6) is 0 Å². The highest BCUT2D eigenvalue weighted by Gasteiger charge is 2.62. The van der Waals surface area contributed by atoms with Crippen molar-refractivity contribution >= 4 is 0 Å². The zero-order valence-corrected chi connectivity index (χ0v) is 7.19. The Kier molecular flexibility index (Phi) is 2.72. The minimum absolute atomic E-state index is 1.66. The molecule has 1 aliphatic carbocycles. The molecule has 0 nitrogen and oxygen atoms in total. The van der Waals surface area contributed by atoms with Crippen molar-refractivity contribution in [3.05, 3.63) is 11.1 Å². The van der Waals surface area contributed by atoms with E-state index in [9.17, 15) is 39.5 Å². The van der Waals surface area contributed by atoms with Gasteiger partial charge in [-0.1, -0.05) is 0 Å². The van der Waals surface area contributed by atoms with E-state index < -0.39 is 42.0 Å². The number of allylic oxidation sites excluding steroid dienone is 2. The van der Waals surface area contributed by atoms with Crippen molar-refractivity contribution in [3.63, 3.8) is 0 Å². The fourth-order valence-corrected chi connectivity index (χ4v) is 1.41. The molecular weight excluding hydrogens is 255 g/mol. The molecule has 0 aromatic heterocycles. The smallest absolute Gasteiger partial charge is 0.170 e. The summed E-state index contributed by atoms with van der Waals surface area (Å²) in [6, 6.07) is 0. The average molecular weight is 258 g/mol. The van der Waals surface area contributed by atoms with Crippen LogP contribution in [-0.2, 0) is 0 Å². The van der Waals surface area contributed by atoms with Crippen LogP contribution in [-0.4, -0.2) is 18.5 Å². The van der Waals surface area contributed by atoms with E-state index in [1.54, 1.807) is 0 Å². The first-order valence-corrected chi connectivity index (χ1v) is 3.79. The van der Waals surface area contributed by atoms with E-state index in [1.807, 2.05) is 0 Å². The van der Waals surface area contributed by atoms with E-state index >= 15 is 0 Å². The van der Waals surface area contributed by atoms with Gasteiger partial charge in [0, 0.05) is 5.57 Å². The molecule has 0 heterocycles. The molecule has 16 heavy (non-hydrogen) atoms. The van der Waals surface area contributed by atoms with Crippen molar-refractivity contribution in [1.29, 1.82) is 0 Å². The van der Waals surface area contributed by atoms with Crippen LogP contribution in [0.15, 0.2) is 11.1 Å². The first-order chi connectivity index (χ1) is 6.85. The van der Waals surface area contributed by atoms with Gasteiger partial charge in [-0.05, 0) is 6.42 Å². The summed E-state index contributed by atoms with van der Waals surface area (Å²) in [6.45, 7) is 0. The molecule has 0 saturated heterocycles. The Hall–Kier alpha value is -0.890. The van der Waals surface area contributed by atoms with Crippen LogP contribution in [0.4, 0.5) is 39.5 Å². The number of hydrogen-bond acceptors (Lipinski definition) is 0. The first kappa shape index (κ1) is 13.2. The molecule has 1 atom stereocenters. The van der Waals surface area contributed by atoms with E-state index in [-0.39, 0.29) is 0 Å². The second kappa shape index (κ2) is 3.30. The maximum Gasteiger partial charge on any atom is 0.413 e. The summed E-state index contributed by atoms with van der Waals surface area (Å²) in [5, 5.41) is 0. The Labute approximate surface area is 82.7 Å². The van der Waals surface area contributed by atoms with Crippen LogP contribution in [0.3, 0.4) is 0 Å². The van der Waals surface area contributed by atoms with Gasteiger partial charge >= 0.3 is 18.5 Å². The Morgan fingerprint density at radius 1 is 0.750 bits per heavy atom. The lowest BCUT2D eigenvalue weighted by molar-refractivity contribution is -0.206. The molecule has 0 spiro atoms. The Balaban J connectivity index is 3.17. The monoisotopic (exact) mass is 258 g/mol. The lowest BCUT2D eigenvalue weighted by Crippen LogP contribution is -2.43. The predicted molar refractivity (Wildman–Crippen MR) is 33.3 cm³/mol. The van der Waals surface area contributed by atoms with Gasteiger partial charge in [-0.25, -0.2) is 0 Å². The second-order valence-corrected chi connectivity index (χ2v) is 3.19. The van der Waals surface area contributed by atoms with Crippen LogP contribution in [0.25, 0.3) is 0 Å². The molecule has 1 aliphatic rings. The van der Waals surface area contributed by atoms with Gasteiger partial charge < -0.3 is 0 Å². The lowest BCUT2D eigenvalue weighted by Gasteiger charge is -2.36. The average Bonchev–Trinajstić information content (AvgIpc) is 1.68. The highest BCUT2D eigenvalue weighted by molar-refractivity contribution is 5.36. The summed E-state index contributed by atoms with van der Waals surface area (Å²) in [5.74, 6) is -3.07. The van der Waals surface area contributed by atoms with Crippen LogP contribution < -0.4 is 0 Å².